The lowest BCUT2D eigenvalue weighted by Gasteiger charge is -2.29. The van der Waals surface area contributed by atoms with Gasteiger partial charge in [-0.05, 0) is 19.8 Å². The van der Waals surface area contributed by atoms with Crippen LogP contribution < -0.4 is 5.76 Å². The van der Waals surface area contributed by atoms with E-state index >= 15 is 0 Å². The molecular weight excluding hydrogens is 234 g/mol. The van der Waals surface area contributed by atoms with Gasteiger partial charge in [-0.25, -0.2) is 13.6 Å². The number of hydrogen-bond donors (Lipinski definition) is 0. The summed E-state index contributed by atoms with van der Waals surface area (Å²) in [5, 5.41) is 3.36. The zero-order chi connectivity index (χ0) is 12.5. The highest BCUT2D eigenvalue weighted by molar-refractivity contribution is 4.85. The smallest absolute Gasteiger partial charge is 0.381 e. The van der Waals surface area contributed by atoms with E-state index in [9.17, 15) is 13.6 Å². The van der Waals surface area contributed by atoms with Crippen LogP contribution >= 0.6 is 0 Å². The fraction of sp³-hybridized carbons (Fsp3) is 0.800. The monoisotopic (exact) mass is 248 g/mol. The van der Waals surface area contributed by atoms with Crippen LogP contribution in [0.25, 0.3) is 0 Å². The van der Waals surface area contributed by atoms with Crippen LogP contribution in [0.4, 0.5) is 8.78 Å². The Morgan fingerprint density at radius 2 is 2.12 bits per heavy atom. The van der Waals surface area contributed by atoms with Crippen molar-refractivity contribution in [3.63, 3.8) is 0 Å². The van der Waals surface area contributed by atoms with E-state index in [1.807, 2.05) is 0 Å². The Bertz CT molecular complexity index is 435. The van der Waals surface area contributed by atoms with Crippen molar-refractivity contribution in [3.8, 4) is 0 Å². The summed E-state index contributed by atoms with van der Waals surface area (Å²) in [6, 6.07) is 0. The van der Waals surface area contributed by atoms with Crippen LogP contribution in [0.15, 0.2) is 9.32 Å². The predicted octanol–water partition coefficient (Wildman–Crippen LogP) is 1.21. The van der Waals surface area contributed by atoms with Gasteiger partial charge < -0.3 is 4.74 Å². The molecule has 0 saturated carbocycles. The molecule has 1 fully saturated rings. The van der Waals surface area contributed by atoms with Crippen LogP contribution in [-0.2, 0) is 11.3 Å². The molecule has 0 aromatic carbocycles. The Hall–Kier alpha value is -1.24. The van der Waals surface area contributed by atoms with E-state index in [0.29, 0.717) is 26.1 Å². The normalized spacial score (nSPS) is 18.5. The minimum absolute atomic E-state index is 0.168. The predicted molar refractivity (Wildman–Crippen MR) is 54.0 cm³/mol. The highest BCUT2D eigenvalue weighted by Gasteiger charge is 2.41. The van der Waals surface area contributed by atoms with E-state index in [1.165, 1.54) is 6.92 Å². The number of halogens is 2. The second kappa shape index (κ2) is 4.56. The van der Waals surface area contributed by atoms with Crippen LogP contribution in [0.5, 0.6) is 0 Å². The summed E-state index contributed by atoms with van der Waals surface area (Å²) in [4.78, 5) is 11.2. The van der Waals surface area contributed by atoms with Gasteiger partial charge in [0.1, 0.15) is 0 Å². The summed E-state index contributed by atoms with van der Waals surface area (Å²) in [5.41, 5.74) is 0. The second-order valence-corrected chi connectivity index (χ2v) is 4.23. The van der Waals surface area contributed by atoms with E-state index in [2.05, 4.69) is 9.68 Å². The van der Waals surface area contributed by atoms with E-state index in [0.717, 1.165) is 4.57 Å². The molecule has 0 aliphatic carbocycles. The van der Waals surface area contributed by atoms with Crippen LogP contribution in [0, 0.1) is 12.8 Å². The summed E-state index contributed by atoms with van der Waals surface area (Å²) in [6.45, 7) is 1.48. The molecule has 1 saturated heterocycles. The summed E-state index contributed by atoms with van der Waals surface area (Å²) in [5.74, 6) is -4.36. The Morgan fingerprint density at radius 1 is 1.47 bits per heavy atom. The van der Waals surface area contributed by atoms with Gasteiger partial charge in [-0.3, -0.25) is 9.09 Å². The molecule has 5 nitrogen and oxygen atoms in total. The standard InChI is InChI=1S/C10H14F2N2O3/c1-7-13-17-9(15)14(7)6-10(11,12)8-2-4-16-5-3-8/h8H,2-6H2,1H3. The average molecular weight is 248 g/mol. The molecule has 1 aromatic rings. The van der Waals surface area contributed by atoms with Gasteiger partial charge in [0.25, 0.3) is 5.92 Å². The second-order valence-electron chi connectivity index (χ2n) is 4.23. The molecule has 7 heteroatoms. The number of aryl methyl sites for hydroxylation is 1. The molecule has 2 heterocycles. The van der Waals surface area contributed by atoms with Crippen molar-refractivity contribution in [2.45, 2.75) is 32.2 Å². The van der Waals surface area contributed by atoms with Crippen LogP contribution in [0.3, 0.4) is 0 Å². The van der Waals surface area contributed by atoms with Crippen molar-refractivity contribution in [2.75, 3.05) is 13.2 Å². The van der Waals surface area contributed by atoms with Gasteiger partial charge in [0.2, 0.25) is 0 Å². The molecule has 0 unspecified atom stereocenters. The summed E-state index contributed by atoms with van der Waals surface area (Å²) >= 11 is 0. The SMILES string of the molecule is Cc1noc(=O)n1CC(F)(F)C1CCOCC1. The largest absolute Gasteiger partial charge is 0.441 e. The molecule has 0 bridgehead atoms. The number of aromatic nitrogens is 2. The first-order valence-electron chi connectivity index (χ1n) is 5.49. The Balaban J connectivity index is 2.13. The van der Waals surface area contributed by atoms with Crippen molar-refractivity contribution >= 4 is 0 Å². The molecule has 0 atom stereocenters. The number of hydrogen-bond acceptors (Lipinski definition) is 4. The number of alkyl halides is 2. The summed E-state index contributed by atoms with van der Waals surface area (Å²) < 4.78 is 38.1. The number of nitrogens with zero attached hydrogens (tertiary/aromatic N) is 2. The molecule has 0 amide bonds. The third-order valence-corrected chi connectivity index (χ3v) is 3.05. The highest BCUT2D eigenvalue weighted by Crippen LogP contribution is 2.33. The van der Waals surface area contributed by atoms with Crippen molar-refractivity contribution in [3.05, 3.63) is 16.4 Å². The summed E-state index contributed by atoms with van der Waals surface area (Å²) in [7, 11) is 0. The van der Waals surface area contributed by atoms with Crippen molar-refractivity contribution < 1.29 is 18.0 Å². The van der Waals surface area contributed by atoms with Gasteiger partial charge in [0, 0.05) is 19.1 Å². The first-order chi connectivity index (χ1) is 8.00. The molecule has 0 spiro atoms. The quantitative estimate of drug-likeness (QED) is 0.806. The number of ether oxygens (including phenoxy) is 1. The molecule has 1 aromatic heterocycles. The lowest BCUT2D eigenvalue weighted by atomic mass is 9.93. The van der Waals surface area contributed by atoms with E-state index < -0.39 is 24.1 Å². The maximum absolute atomic E-state index is 13.9. The fourth-order valence-corrected chi connectivity index (χ4v) is 1.97. The molecule has 0 N–H and O–H groups in total. The first-order valence-corrected chi connectivity index (χ1v) is 5.49. The Kier molecular flexibility index (Phi) is 3.28. The zero-order valence-corrected chi connectivity index (χ0v) is 9.49. The minimum atomic E-state index is -2.94. The van der Waals surface area contributed by atoms with E-state index in [-0.39, 0.29) is 5.82 Å². The van der Waals surface area contributed by atoms with Crippen molar-refractivity contribution in [1.82, 2.24) is 9.72 Å². The van der Waals surface area contributed by atoms with E-state index in [4.69, 9.17) is 4.74 Å². The third kappa shape index (κ3) is 2.54. The van der Waals surface area contributed by atoms with Crippen LogP contribution in [0.2, 0.25) is 0 Å². The van der Waals surface area contributed by atoms with Crippen molar-refractivity contribution in [2.24, 2.45) is 5.92 Å². The van der Waals surface area contributed by atoms with Crippen LogP contribution in [0.1, 0.15) is 18.7 Å². The molecular formula is C10H14F2N2O3. The Labute approximate surface area is 96.3 Å². The molecule has 2 rings (SSSR count). The molecule has 1 aliphatic heterocycles. The van der Waals surface area contributed by atoms with Gasteiger partial charge in [0.15, 0.2) is 5.82 Å². The molecule has 0 radical (unpaired) electrons. The lowest BCUT2D eigenvalue weighted by molar-refractivity contribution is -0.107. The van der Waals surface area contributed by atoms with Gasteiger partial charge in [-0.2, -0.15) is 0 Å². The fourth-order valence-electron chi connectivity index (χ4n) is 1.97. The van der Waals surface area contributed by atoms with Gasteiger partial charge in [-0.1, -0.05) is 5.16 Å². The third-order valence-electron chi connectivity index (χ3n) is 3.05. The minimum Gasteiger partial charge on any atom is -0.381 e. The Morgan fingerprint density at radius 3 is 2.65 bits per heavy atom. The maximum Gasteiger partial charge on any atom is 0.441 e. The van der Waals surface area contributed by atoms with Gasteiger partial charge in [0.05, 0.1) is 6.54 Å². The lowest BCUT2D eigenvalue weighted by Crippen LogP contribution is -2.39. The van der Waals surface area contributed by atoms with E-state index in [1.54, 1.807) is 0 Å². The topological polar surface area (TPSA) is 57.3 Å². The van der Waals surface area contributed by atoms with Crippen molar-refractivity contribution in [1.29, 1.82) is 0 Å². The maximum atomic E-state index is 13.9. The zero-order valence-electron chi connectivity index (χ0n) is 9.49. The molecule has 17 heavy (non-hydrogen) atoms. The highest BCUT2D eigenvalue weighted by atomic mass is 19.3. The van der Waals surface area contributed by atoms with Crippen LogP contribution in [-0.4, -0.2) is 28.9 Å². The van der Waals surface area contributed by atoms with Gasteiger partial charge >= 0.3 is 5.76 Å². The molecule has 1 aliphatic rings. The van der Waals surface area contributed by atoms with Gasteiger partial charge in [-0.15, -0.1) is 0 Å². The average Bonchev–Trinajstić information content (AvgIpc) is 2.62. The summed E-state index contributed by atoms with van der Waals surface area (Å²) in [6.07, 6.45) is 0.623. The first kappa shape index (κ1) is 12.2. The number of rotatable bonds is 3. The molecule has 96 valence electrons.